The van der Waals surface area contributed by atoms with Gasteiger partial charge in [0.15, 0.2) is 0 Å². The fourth-order valence-electron chi connectivity index (χ4n) is 3.55. The highest BCUT2D eigenvalue weighted by molar-refractivity contribution is 7.13. The summed E-state index contributed by atoms with van der Waals surface area (Å²) in [4.78, 5) is 19.3. The summed E-state index contributed by atoms with van der Waals surface area (Å²) in [5.41, 5.74) is 3.26. The van der Waals surface area contributed by atoms with Crippen molar-refractivity contribution in [3.8, 4) is 10.6 Å². The summed E-state index contributed by atoms with van der Waals surface area (Å²) >= 11 is 1.62. The average molecular weight is 442 g/mol. The number of carbonyl (C=O) groups excluding carboxylic acids is 1. The fraction of sp³-hybridized carbons (Fsp3) is 0.524. The highest BCUT2D eigenvalue weighted by Gasteiger charge is 2.26. The van der Waals surface area contributed by atoms with E-state index in [9.17, 15) is 4.79 Å². The molecule has 2 fully saturated rings. The Kier molecular flexibility index (Phi) is 8.75. The standard InChI is InChI=1S/C21H27N3OS.2ClH/c1-15-3-2-4-17(11-15)21-23-19(14-26-21)12-20(25)24-9-7-18(8-10-24)22-13-16-5-6-16;;/h2-4,11,14,16,18,22H,5-10,12-13H2,1H3;2*1H. The first kappa shape index (κ1) is 23.1. The van der Waals surface area contributed by atoms with Gasteiger partial charge in [-0.2, -0.15) is 0 Å². The SMILES string of the molecule is Cc1cccc(-c2nc(CC(=O)N3CCC(NCC4CC4)CC3)cs2)c1.Cl.Cl. The van der Waals surface area contributed by atoms with E-state index in [0.29, 0.717) is 12.5 Å². The first-order chi connectivity index (χ1) is 12.7. The van der Waals surface area contributed by atoms with Crippen molar-refractivity contribution in [3.63, 3.8) is 0 Å². The van der Waals surface area contributed by atoms with Crippen LogP contribution in [0.1, 0.15) is 36.9 Å². The van der Waals surface area contributed by atoms with E-state index < -0.39 is 0 Å². The predicted molar refractivity (Wildman–Crippen MR) is 121 cm³/mol. The average Bonchev–Trinajstić information content (AvgIpc) is 3.37. The van der Waals surface area contributed by atoms with Crippen LogP contribution in [0.2, 0.25) is 0 Å². The number of benzene rings is 1. The number of carbonyl (C=O) groups is 1. The Morgan fingerprint density at radius 1 is 1.21 bits per heavy atom. The first-order valence-electron chi connectivity index (χ1n) is 9.70. The molecule has 0 bridgehead atoms. The largest absolute Gasteiger partial charge is 0.342 e. The minimum atomic E-state index is 0. The Hall–Kier alpha value is -1.14. The quantitative estimate of drug-likeness (QED) is 0.717. The molecule has 2 aromatic rings. The summed E-state index contributed by atoms with van der Waals surface area (Å²) in [6.07, 6.45) is 5.35. The monoisotopic (exact) mass is 441 g/mol. The van der Waals surface area contributed by atoms with E-state index in [2.05, 4.69) is 41.5 Å². The zero-order valence-electron chi connectivity index (χ0n) is 16.2. The van der Waals surface area contributed by atoms with Crippen molar-refractivity contribution in [1.29, 1.82) is 0 Å². The second-order valence-corrected chi connectivity index (χ2v) is 8.56. The van der Waals surface area contributed by atoms with Gasteiger partial charge in [-0.3, -0.25) is 4.79 Å². The van der Waals surface area contributed by atoms with Gasteiger partial charge < -0.3 is 10.2 Å². The summed E-state index contributed by atoms with van der Waals surface area (Å²) in [5.74, 6) is 1.13. The molecule has 1 aliphatic heterocycles. The lowest BCUT2D eigenvalue weighted by atomic mass is 10.0. The van der Waals surface area contributed by atoms with Gasteiger partial charge in [-0.05, 0) is 51.1 Å². The van der Waals surface area contributed by atoms with E-state index in [1.807, 2.05) is 10.3 Å². The third-order valence-electron chi connectivity index (χ3n) is 5.39. The Morgan fingerprint density at radius 2 is 1.96 bits per heavy atom. The summed E-state index contributed by atoms with van der Waals surface area (Å²) < 4.78 is 0. The molecule has 2 aliphatic rings. The van der Waals surface area contributed by atoms with E-state index in [4.69, 9.17) is 0 Å². The van der Waals surface area contributed by atoms with E-state index in [1.54, 1.807) is 11.3 Å². The molecule has 0 spiro atoms. The molecule has 0 atom stereocenters. The molecule has 28 heavy (non-hydrogen) atoms. The molecule has 1 saturated heterocycles. The van der Waals surface area contributed by atoms with Crippen LogP contribution in [0.5, 0.6) is 0 Å². The summed E-state index contributed by atoms with van der Waals surface area (Å²) in [6.45, 7) is 5.00. The number of aryl methyl sites for hydroxylation is 1. The van der Waals surface area contributed by atoms with E-state index in [-0.39, 0.29) is 30.7 Å². The maximum absolute atomic E-state index is 12.6. The molecular formula is C21H29Cl2N3OS. The molecule has 4 nitrogen and oxygen atoms in total. The molecule has 1 amide bonds. The lowest BCUT2D eigenvalue weighted by molar-refractivity contribution is -0.131. The minimum Gasteiger partial charge on any atom is -0.342 e. The molecule has 7 heteroatoms. The van der Waals surface area contributed by atoms with Gasteiger partial charge in [-0.1, -0.05) is 23.8 Å². The Balaban J connectivity index is 0.00000140. The maximum Gasteiger partial charge on any atom is 0.228 e. The van der Waals surface area contributed by atoms with Gasteiger partial charge in [0.1, 0.15) is 5.01 Å². The van der Waals surface area contributed by atoms with Crippen molar-refractivity contribution in [3.05, 3.63) is 40.9 Å². The molecule has 154 valence electrons. The molecule has 0 radical (unpaired) electrons. The second kappa shape index (κ2) is 10.6. The minimum absolute atomic E-state index is 0. The Labute approximate surface area is 183 Å². The number of nitrogens with one attached hydrogen (secondary N) is 1. The Morgan fingerprint density at radius 3 is 2.64 bits per heavy atom. The van der Waals surface area contributed by atoms with Crippen LogP contribution in [0.25, 0.3) is 10.6 Å². The van der Waals surface area contributed by atoms with Crippen LogP contribution in [0.4, 0.5) is 0 Å². The van der Waals surface area contributed by atoms with Crippen LogP contribution in [0, 0.1) is 12.8 Å². The predicted octanol–water partition coefficient (Wildman–Crippen LogP) is 4.50. The van der Waals surface area contributed by atoms with Crippen LogP contribution in [0.15, 0.2) is 29.6 Å². The topological polar surface area (TPSA) is 45.2 Å². The highest BCUT2D eigenvalue weighted by atomic mass is 35.5. The van der Waals surface area contributed by atoms with Gasteiger partial charge in [-0.25, -0.2) is 4.98 Å². The summed E-state index contributed by atoms with van der Waals surface area (Å²) in [6, 6.07) is 8.95. The Bertz CT molecular complexity index is 771. The van der Waals surface area contributed by atoms with Crippen LogP contribution < -0.4 is 5.32 Å². The number of thiazole rings is 1. The molecule has 2 heterocycles. The fourth-order valence-corrected chi connectivity index (χ4v) is 4.37. The highest BCUT2D eigenvalue weighted by Crippen LogP contribution is 2.28. The van der Waals surface area contributed by atoms with Crippen LogP contribution in [-0.2, 0) is 11.2 Å². The van der Waals surface area contributed by atoms with E-state index in [1.165, 1.54) is 24.9 Å². The molecule has 4 rings (SSSR count). The van der Waals surface area contributed by atoms with Crippen LogP contribution in [-0.4, -0.2) is 41.5 Å². The number of piperidine rings is 1. The number of nitrogens with zero attached hydrogens (tertiary/aromatic N) is 2. The van der Waals surface area contributed by atoms with Crippen molar-refractivity contribution in [2.45, 2.75) is 45.1 Å². The third kappa shape index (κ3) is 6.18. The van der Waals surface area contributed by atoms with Crippen molar-refractivity contribution < 1.29 is 4.79 Å². The van der Waals surface area contributed by atoms with Crippen molar-refractivity contribution >= 4 is 42.1 Å². The third-order valence-corrected chi connectivity index (χ3v) is 6.33. The number of hydrogen-bond acceptors (Lipinski definition) is 4. The number of hydrogen-bond donors (Lipinski definition) is 1. The van der Waals surface area contributed by atoms with Gasteiger partial charge in [-0.15, -0.1) is 36.2 Å². The molecule has 1 N–H and O–H groups in total. The van der Waals surface area contributed by atoms with Crippen molar-refractivity contribution in [2.75, 3.05) is 19.6 Å². The number of halogens is 2. The lowest BCUT2D eigenvalue weighted by Gasteiger charge is -2.32. The molecule has 0 unspecified atom stereocenters. The molecule has 1 aromatic heterocycles. The normalized spacial score (nSPS) is 17.0. The van der Waals surface area contributed by atoms with E-state index in [0.717, 1.165) is 48.1 Å². The number of aromatic nitrogens is 1. The smallest absolute Gasteiger partial charge is 0.228 e. The molecule has 1 aromatic carbocycles. The number of amides is 1. The summed E-state index contributed by atoms with van der Waals surface area (Å²) in [5, 5.41) is 6.70. The lowest BCUT2D eigenvalue weighted by Crippen LogP contribution is -2.45. The first-order valence-corrected chi connectivity index (χ1v) is 10.6. The zero-order chi connectivity index (χ0) is 17.9. The molecule has 1 aliphatic carbocycles. The maximum atomic E-state index is 12.6. The van der Waals surface area contributed by atoms with Gasteiger partial charge in [0.2, 0.25) is 5.91 Å². The van der Waals surface area contributed by atoms with E-state index >= 15 is 0 Å². The van der Waals surface area contributed by atoms with Crippen LogP contribution >= 0.6 is 36.2 Å². The van der Waals surface area contributed by atoms with Crippen LogP contribution in [0.3, 0.4) is 0 Å². The molecule has 1 saturated carbocycles. The number of rotatable bonds is 6. The van der Waals surface area contributed by atoms with Crippen molar-refractivity contribution in [2.24, 2.45) is 5.92 Å². The van der Waals surface area contributed by atoms with Crippen molar-refractivity contribution in [1.82, 2.24) is 15.2 Å². The van der Waals surface area contributed by atoms with Gasteiger partial charge in [0.05, 0.1) is 12.1 Å². The second-order valence-electron chi connectivity index (χ2n) is 7.70. The van der Waals surface area contributed by atoms with Gasteiger partial charge in [0, 0.05) is 30.1 Å². The number of likely N-dealkylation sites (tertiary alicyclic amines) is 1. The molecular weight excluding hydrogens is 413 g/mol. The summed E-state index contributed by atoms with van der Waals surface area (Å²) in [7, 11) is 0. The van der Waals surface area contributed by atoms with Gasteiger partial charge >= 0.3 is 0 Å². The zero-order valence-corrected chi connectivity index (χ0v) is 18.7. The van der Waals surface area contributed by atoms with Gasteiger partial charge in [0.25, 0.3) is 0 Å².